The summed E-state index contributed by atoms with van der Waals surface area (Å²) in [6.07, 6.45) is 0. The molecule has 0 saturated carbocycles. The molecule has 0 aliphatic rings. The first-order valence-corrected chi connectivity index (χ1v) is 6.89. The van der Waals surface area contributed by atoms with Crippen LogP contribution in [0.15, 0.2) is 46.9 Å². The number of rotatable bonds is 4. The van der Waals surface area contributed by atoms with Crippen molar-refractivity contribution in [2.45, 2.75) is 6.92 Å². The molecule has 5 heteroatoms. The second-order valence-electron chi connectivity index (χ2n) is 4.39. The van der Waals surface area contributed by atoms with Crippen LogP contribution in [0.1, 0.15) is 5.56 Å². The Balaban J connectivity index is 1.92. The number of nitrogens with one attached hydrogen (secondary N) is 2. The van der Waals surface area contributed by atoms with Gasteiger partial charge in [0.2, 0.25) is 5.91 Å². The number of carbonyl (C=O) groups is 1. The molecule has 0 aliphatic carbocycles. The minimum atomic E-state index is -0.368. The molecule has 0 aliphatic heterocycles. The maximum Gasteiger partial charge on any atom is 0.243 e. The number of amides is 1. The second kappa shape index (κ2) is 6.52. The molecular formula is C15H14BrFN2O. The number of aryl methyl sites for hydroxylation is 1. The van der Waals surface area contributed by atoms with Gasteiger partial charge in [0.15, 0.2) is 0 Å². The molecule has 2 N–H and O–H groups in total. The molecule has 0 saturated heterocycles. The number of anilines is 2. The smallest absolute Gasteiger partial charge is 0.243 e. The normalized spacial score (nSPS) is 10.2. The van der Waals surface area contributed by atoms with Gasteiger partial charge >= 0.3 is 0 Å². The lowest BCUT2D eigenvalue weighted by atomic mass is 10.2. The number of hydrogen-bond donors (Lipinski definition) is 2. The predicted octanol–water partition coefficient (Wildman–Crippen LogP) is 3.95. The zero-order valence-electron chi connectivity index (χ0n) is 10.9. The van der Waals surface area contributed by atoms with Gasteiger partial charge in [-0.2, -0.15) is 0 Å². The van der Waals surface area contributed by atoms with Gasteiger partial charge in [0.25, 0.3) is 0 Å². The molecule has 20 heavy (non-hydrogen) atoms. The van der Waals surface area contributed by atoms with Gasteiger partial charge in [-0.1, -0.05) is 22.0 Å². The highest BCUT2D eigenvalue weighted by Crippen LogP contribution is 2.16. The van der Waals surface area contributed by atoms with Crippen molar-refractivity contribution in [3.8, 4) is 0 Å². The Hall–Kier alpha value is -1.88. The predicted molar refractivity (Wildman–Crippen MR) is 82.4 cm³/mol. The van der Waals surface area contributed by atoms with E-state index in [1.807, 2.05) is 19.1 Å². The number of halogens is 2. The molecule has 2 aromatic rings. The molecule has 2 aromatic carbocycles. The maximum absolute atomic E-state index is 13.5. The Labute approximate surface area is 125 Å². The molecule has 0 heterocycles. The van der Waals surface area contributed by atoms with E-state index in [1.165, 1.54) is 6.07 Å². The van der Waals surface area contributed by atoms with Crippen molar-refractivity contribution in [1.29, 1.82) is 0 Å². The molecule has 1 amide bonds. The topological polar surface area (TPSA) is 41.1 Å². The first-order valence-electron chi connectivity index (χ1n) is 6.10. The van der Waals surface area contributed by atoms with E-state index in [0.717, 1.165) is 10.0 Å². The van der Waals surface area contributed by atoms with Crippen molar-refractivity contribution < 1.29 is 9.18 Å². The van der Waals surface area contributed by atoms with Gasteiger partial charge in [-0.25, -0.2) is 4.39 Å². The number of hydrogen-bond acceptors (Lipinski definition) is 2. The largest absolute Gasteiger partial charge is 0.374 e. The van der Waals surface area contributed by atoms with Crippen molar-refractivity contribution in [2.24, 2.45) is 0 Å². The summed E-state index contributed by atoms with van der Waals surface area (Å²) in [6, 6.07) is 12.0. The van der Waals surface area contributed by atoms with Gasteiger partial charge < -0.3 is 10.6 Å². The molecule has 104 valence electrons. The maximum atomic E-state index is 13.5. The van der Waals surface area contributed by atoms with Gasteiger partial charge in [0, 0.05) is 10.2 Å². The summed E-state index contributed by atoms with van der Waals surface area (Å²) in [5, 5.41) is 5.52. The van der Waals surface area contributed by atoms with Gasteiger partial charge in [-0.3, -0.25) is 4.79 Å². The third kappa shape index (κ3) is 4.06. The van der Waals surface area contributed by atoms with E-state index in [4.69, 9.17) is 0 Å². The van der Waals surface area contributed by atoms with Crippen LogP contribution in [-0.2, 0) is 4.79 Å². The van der Waals surface area contributed by atoms with Crippen LogP contribution >= 0.6 is 15.9 Å². The molecule has 2 rings (SSSR count). The lowest BCUT2D eigenvalue weighted by molar-refractivity contribution is -0.114. The summed E-state index contributed by atoms with van der Waals surface area (Å²) < 4.78 is 14.4. The molecular weight excluding hydrogens is 323 g/mol. The van der Waals surface area contributed by atoms with E-state index in [0.29, 0.717) is 11.4 Å². The first kappa shape index (κ1) is 14.5. The van der Waals surface area contributed by atoms with Crippen molar-refractivity contribution in [1.82, 2.24) is 0 Å². The Kier molecular flexibility index (Phi) is 4.74. The van der Waals surface area contributed by atoms with Crippen molar-refractivity contribution in [3.05, 3.63) is 58.3 Å². The van der Waals surface area contributed by atoms with Crippen LogP contribution < -0.4 is 10.6 Å². The van der Waals surface area contributed by atoms with Crippen LogP contribution in [0, 0.1) is 12.7 Å². The highest BCUT2D eigenvalue weighted by atomic mass is 79.9. The van der Waals surface area contributed by atoms with Crippen LogP contribution in [0.5, 0.6) is 0 Å². The first-order chi connectivity index (χ1) is 9.54. The average molecular weight is 337 g/mol. The highest BCUT2D eigenvalue weighted by Gasteiger charge is 2.05. The summed E-state index contributed by atoms with van der Waals surface area (Å²) in [5.41, 5.74) is 1.96. The van der Waals surface area contributed by atoms with Crippen LogP contribution in [0.4, 0.5) is 15.8 Å². The Bertz CT molecular complexity index is 614. The monoisotopic (exact) mass is 336 g/mol. The number of carbonyl (C=O) groups excluding carboxylic acids is 1. The van der Waals surface area contributed by atoms with Crippen LogP contribution in [0.2, 0.25) is 0 Å². The molecule has 0 bridgehead atoms. The molecule has 0 fully saturated rings. The fourth-order valence-corrected chi connectivity index (χ4v) is 1.95. The summed E-state index contributed by atoms with van der Waals surface area (Å²) in [5.74, 6) is -0.597. The van der Waals surface area contributed by atoms with Crippen LogP contribution in [-0.4, -0.2) is 12.5 Å². The van der Waals surface area contributed by atoms with Crippen molar-refractivity contribution >= 4 is 33.2 Å². The Morgan fingerprint density at radius 2 is 1.90 bits per heavy atom. The van der Waals surface area contributed by atoms with Gasteiger partial charge in [-0.05, 0) is 48.9 Å². The van der Waals surface area contributed by atoms with Gasteiger partial charge in [0.1, 0.15) is 5.82 Å². The Morgan fingerprint density at radius 3 is 2.60 bits per heavy atom. The third-order valence-electron chi connectivity index (χ3n) is 2.69. The molecule has 0 unspecified atom stereocenters. The fourth-order valence-electron chi connectivity index (χ4n) is 1.69. The van der Waals surface area contributed by atoms with E-state index in [2.05, 4.69) is 26.6 Å². The summed E-state index contributed by atoms with van der Waals surface area (Å²) in [7, 11) is 0. The standard InChI is InChI=1S/C15H14BrFN2O/c1-10-2-7-13(17)14(8-10)18-9-15(20)19-12-5-3-11(16)4-6-12/h2-8,18H,9H2,1H3,(H,19,20). The molecule has 0 radical (unpaired) electrons. The quantitative estimate of drug-likeness (QED) is 0.887. The van der Waals surface area contributed by atoms with Gasteiger partial charge in [-0.15, -0.1) is 0 Å². The summed E-state index contributed by atoms with van der Waals surface area (Å²) >= 11 is 3.32. The van der Waals surface area contributed by atoms with E-state index in [-0.39, 0.29) is 18.3 Å². The molecule has 0 atom stereocenters. The minimum Gasteiger partial charge on any atom is -0.374 e. The fraction of sp³-hybridized carbons (Fsp3) is 0.133. The van der Waals surface area contributed by atoms with E-state index < -0.39 is 0 Å². The lowest BCUT2D eigenvalue weighted by Gasteiger charge is -2.09. The summed E-state index contributed by atoms with van der Waals surface area (Å²) in [4.78, 5) is 11.8. The van der Waals surface area contributed by atoms with Gasteiger partial charge in [0.05, 0.1) is 12.2 Å². The zero-order chi connectivity index (χ0) is 14.5. The molecule has 3 nitrogen and oxygen atoms in total. The van der Waals surface area contributed by atoms with E-state index in [9.17, 15) is 9.18 Å². The van der Waals surface area contributed by atoms with Crippen molar-refractivity contribution in [2.75, 3.05) is 17.2 Å². The SMILES string of the molecule is Cc1ccc(F)c(NCC(=O)Nc2ccc(Br)cc2)c1. The average Bonchev–Trinajstić information content (AvgIpc) is 2.42. The minimum absolute atomic E-state index is 0.0104. The Morgan fingerprint density at radius 1 is 1.20 bits per heavy atom. The summed E-state index contributed by atoms with van der Waals surface area (Å²) in [6.45, 7) is 1.88. The lowest BCUT2D eigenvalue weighted by Crippen LogP contribution is -2.22. The van der Waals surface area contributed by atoms with E-state index in [1.54, 1.807) is 24.3 Å². The zero-order valence-corrected chi connectivity index (χ0v) is 12.5. The third-order valence-corrected chi connectivity index (χ3v) is 3.22. The number of benzene rings is 2. The van der Waals surface area contributed by atoms with Crippen LogP contribution in [0.25, 0.3) is 0 Å². The van der Waals surface area contributed by atoms with E-state index >= 15 is 0 Å². The molecule has 0 spiro atoms. The van der Waals surface area contributed by atoms with Crippen LogP contribution in [0.3, 0.4) is 0 Å². The highest BCUT2D eigenvalue weighted by molar-refractivity contribution is 9.10. The molecule has 0 aromatic heterocycles. The second-order valence-corrected chi connectivity index (χ2v) is 5.31. The van der Waals surface area contributed by atoms with Crippen molar-refractivity contribution in [3.63, 3.8) is 0 Å².